The molecule has 3 heterocycles. The van der Waals surface area contributed by atoms with Gasteiger partial charge in [-0.15, -0.1) is 10.2 Å². The summed E-state index contributed by atoms with van der Waals surface area (Å²) in [6.45, 7) is 2.41. The summed E-state index contributed by atoms with van der Waals surface area (Å²) in [7, 11) is -3.72. The molecule has 0 spiro atoms. The van der Waals surface area contributed by atoms with Gasteiger partial charge in [-0.05, 0) is 0 Å². The predicted molar refractivity (Wildman–Crippen MR) is 74.0 cm³/mol. The summed E-state index contributed by atoms with van der Waals surface area (Å²) in [6, 6.07) is 0. The van der Waals surface area contributed by atoms with E-state index in [1.807, 2.05) is 10.8 Å². The Kier molecular flexibility index (Phi) is 3.47. The number of imidazole rings is 1. The van der Waals surface area contributed by atoms with Crippen molar-refractivity contribution >= 4 is 32.4 Å². The van der Waals surface area contributed by atoms with Crippen molar-refractivity contribution in [3.05, 3.63) is 18.2 Å². The Morgan fingerprint density at radius 3 is 2.95 bits per heavy atom. The third-order valence-electron chi connectivity index (χ3n) is 2.96. The number of carbonyl (C=O) groups excluding carboxylic acids is 1. The number of nitrogens with one attached hydrogen (secondary N) is 1. The first-order valence-corrected chi connectivity index (χ1v) is 8.34. The molecule has 0 aliphatic carbocycles. The quantitative estimate of drug-likeness (QED) is 0.788. The fourth-order valence-corrected chi connectivity index (χ4v) is 4.45. The third kappa shape index (κ3) is 2.66. The van der Waals surface area contributed by atoms with E-state index >= 15 is 0 Å². The SMILES string of the molecule is CC(=O)Nc1nnc(S(=O)(=O)N2CCn3ccnc3C2)s1. The molecule has 21 heavy (non-hydrogen) atoms. The molecule has 1 aliphatic heterocycles. The van der Waals surface area contributed by atoms with E-state index in [1.165, 1.54) is 11.2 Å². The van der Waals surface area contributed by atoms with Crippen molar-refractivity contribution in [2.24, 2.45) is 0 Å². The maximum Gasteiger partial charge on any atom is 0.272 e. The molecule has 0 bridgehead atoms. The van der Waals surface area contributed by atoms with Crippen molar-refractivity contribution in [2.45, 2.75) is 24.4 Å². The van der Waals surface area contributed by atoms with Crippen LogP contribution in [0.2, 0.25) is 0 Å². The second-order valence-corrected chi connectivity index (χ2v) is 7.52. The number of anilines is 1. The summed E-state index contributed by atoms with van der Waals surface area (Å²) in [5.41, 5.74) is 0. The van der Waals surface area contributed by atoms with Gasteiger partial charge in [0.25, 0.3) is 10.0 Å². The molecular weight excluding hydrogens is 316 g/mol. The van der Waals surface area contributed by atoms with E-state index in [0.717, 1.165) is 11.3 Å². The number of rotatable bonds is 3. The van der Waals surface area contributed by atoms with E-state index in [-0.39, 0.29) is 21.9 Å². The van der Waals surface area contributed by atoms with Crippen molar-refractivity contribution in [3.8, 4) is 0 Å². The van der Waals surface area contributed by atoms with Gasteiger partial charge >= 0.3 is 0 Å². The number of fused-ring (bicyclic) bond motifs is 1. The highest BCUT2D eigenvalue weighted by atomic mass is 32.2. The zero-order chi connectivity index (χ0) is 15.0. The van der Waals surface area contributed by atoms with Crippen LogP contribution >= 0.6 is 11.3 Å². The molecule has 0 saturated heterocycles. The number of sulfonamides is 1. The van der Waals surface area contributed by atoms with Crippen LogP contribution in [0.1, 0.15) is 12.7 Å². The number of hydrogen-bond acceptors (Lipinski definition) is 7. The minimum absolute atomic E-state index is 0.133. The van der Waals surface area contributed by atoms with Crippen molar-refractivity contribution in [1.29, 1.82) is 0 Å². The minimum atomic E-state index is -3.72. The Bertz CT molecular complexity index is 780. The third-order valence-corrected chi connectivity index (χ3v) is 5.99. The van der Waals surface area contributed by atoms with Gasteiger partial charge in [-0.1, -0.05) is 11.3 Å². The monoisotopic (exact) mass is 328 g/mol. The van der Waals surface area contributed by atoms with Crippen LogP contribution in [0.5, 0.6) is 0 Å². The highest BCUT2D eigenvalue weighted by molar-refractivity contribution is 7.91. The topological polar surface area (TPSA) is 110 Å². The van der Waals surface area contributed by atoms with Crippen LogP contribution in [0.15, 0.2) is 16.7 Å². The maximum absolute atomic E-state index is 12.5. The van der Waals surface area contributed by atoms with E-state index in [1.54, 1.807) is 6.20 Å². The van der Waals surface area contributed by atoms with Gasteiger partial charge in [-0.25, -0.2) is 13.4 Å². The number of nitrogens with zero attached hydrogens (tertiary/aromatic N) is 5. The van der Waals surface area contributed by atoms with E-state index in [2.05, 4.69) is 20.5 Å². The first-order chi connectivity index (χ1) is 9.96. The van der Waals surface area contributed by atoms with Crippen LogP contribution in [0.3, 0.4) is 0 Å². The van der Waals surface area contributed by atoms with E-state index < -0.39 is 10.0 Å². The Morgan fingerprint density at radius 2 is 2.19 bits per heavy atom. The molecular formula is C10H12N6O3S2. The Balaban J connectivity index is 1.84. The molecule has 11 heteroatoms. The van der Waals surface area contributed by atoms with E-state index in [4.69, 9.17) is 0 Å². The number of hydrogen-bond donors (Lipinski definition) is 1. The molecule has 0 saturated carbocycles. The van der Waals surface area contributed by atoms with Gasteiger partial charge in [0.15, 0.2) is 0 Å². The second-order valence-electron chi connectivity index (χ2n) is 4.43. The molecule has 112 valence electrons. The second kappa shape index (κ2) is 5.16. The van der Waals surface area contributed by atoms with Gasteiger partial charge in [-0.2, -0.15) is 4.31 Å². The lowest BCUT2D eigenvalue weighted by molar-refractivity contribution is -0.114. The summed E-state index contributed by atoms with van der Waals surface area (Å²) in [4.78, 5) is 15.1. The first kappa shape index (κ1) is 14.1. The van der Waals surface area contributed by atoms with Crippen molar-refractivity contribution in [3.63, 3.8) is 0 Å². The molecule has 0 unspecified atom stereocenters. The summed E-state index contributed by atoms with van der Waals surface area (Å²) in [6.07, 6.45) is 3.46. The van der Waals surface area contributed by atoms with Gasteiger partial charge in [0.1, 0.15) is 5.82 Å². The molecule has 1 N–H and O–H groups in total. The van der Waals surface area contributed by atoms with Gasteiger partial charge in [0, 0.05) is 32.4 Å². The lowest BCUT2D eigenvalue weighted by atomic mass is 10.4. The molecule has 3 rings (SSSR count). The predicted octanol–water partition coefficient (Wildman–Crippen LogP) is -0.102. The maximum atomic E-state index is 12.5. The number of aromatic nitrogens is 4. The largest absolute Gasteiger partial charge is 0.333 e. The molecule has 2 aromatic heterocycles. The van der Waals surface area contributed by atoms with Crippen molar-refractivity contribution < 1.29 is 13.2 Å². The van der Waals surface area contributed by atoms with E-state index in [9.17, 15) is 13.2 Å². The molecule has 2 aromatic rings. The zero-order valence-electron chi connectivity index (χ0n) is 11.1. The molecule has 1 aliphatic rings. The van der Waals surface area contributed by atoms with Crippen LogP contribution in [0, 0.1) is 0 Å². The molecule has 1 amide bonds. The summed E-state index contributed by atoms with van der Waals surface area (Å²) in [5, 5.41) is 9.90. The van der Waals surface area contributed by atoms with E-state index in [0.29, 0.717) is 18.9 Å². The highest BCUT2D eigenvalue weighted by Gasteiger charge is 2.32. The number of amides is 1. The highest BCUT2D eigenvalue weighted by Crippen LogP contribution is 2.25. The summed E-state index contributed by atoms with van der Waals surface area (Å²) < 4.78 is 28.1. The Hall–Kier alpha value is -1.85. The van der Waals surface area contributed by atoms with Crippen LogP contribution in [0.4, 0.5) is 5.13 Å². The van der Waals surface area contributed by atoms with Crippen LogP contribution < -0.4 is 5.32 Å². The van der Waals surface area contributed by atoms with Gasteiger partial charge in [-0.3, -0.25) is 4.79 Å². The minimum Gasteiger partial charge on any atom is -0.333 e. The molecule has 0 radical (unpaired) electrons. The molecule has 0 fully saturated rings. The number of carbonyl (C=O) groups is 1. The lowest BCUT2D eigenvalue weighted by Gasteiger charge is -2.25. The standard InChI is InChI=1S/C10H12N6O3S2/c1-7(17)12-9-13-14-10(20-9)21(18,19)16-5-4-15-3-2-11-8(15)6-16/h2-3H,4-6H2,1H3,(H,12,13,17). The summed E-state index contributed by atoms with van der Waals surface area (Å²) >= 11 is 0.834. The average Bonchev–Trinajstić information content (AvgIpc) is 3.05. The molecule has 0 aromatic carbocycles. The van der Waals surface area contributed by atoms with Gasteiger partial charge < -0.3 is 9.88 Å². The molecule has 9 nitrogen and oxygen atoms in total. The average molecular weight is 328 g/mol. The van der Waals surface area contributed by atoms with Crippen molar-refractivity contribution in [1.82, 2.24) is 24.1 Å². The fourth-order valence-electron chi connectivity index (χ4n) is 1.98. The van der Waals surface area contributed by atoms with Gasteiger partial charge in [0.05, 0.1) is 6.54 Å². The smallest absolute Gasteiger partial charge is 0.272 e. The fraction of sp³-hybridized carbons (Fsp3) is 0.400. The van der Waals surface area contributed by atoms with Crippen LogP contribution in [-0.2, 0) is 27.9 Å². The first-order valence-electron chi connectivity index (χ1n) is 6.08. The van der Waals surface area contributed by atoms with Crippen molar-refractivity contribution in [2.75, 3.05) is 11.9 Å². The molecule has 0 atom stereocenters. The van der Waals surface area contributed by atoms with Gasteiger partial charge in [0.2, 0.25) is 15.4 Å². The van der Waals surface area contributed by atoms with Crippen LogP contribution in [-0.4, -0.2) is 44.9 Å². The summed E-state index contributed by atoms with van der Waals surface area (Å²) in [5.74, 6) is 0.367. The lowest BCUT2D eigenvalue weighted by Crippen LogP contribution is -2.38. The zero-order valence-corrected chi connectivity index (χ0v) is 12.7. The Labute approximate surface area is 124 Å². The normalized spacial score (nSPS) is 15.7. The van der Waals surface area contributed by atoms with Crippen LogP contribution in [0.25, 0.3) is 0 Å². The Morgan fingerprint density at radius 1 is 1.38 bits per heavy atom.